The van der Waals surface area contributed by atoms with Crippen LogP contribution < -0.4 is 0 Å². The number of rotatable bonds is 4. The second-order valence-electron chi connectivity index (χ2n) is 6.61. The van der Waals surface area contributed by atoms with Crippen molar-refractivity contribution < 1.29 is 4.52 Å². The molecule has 1 aliphatic heterocycles. The SMILES string of the molecule is Cc1noc(C)c1CN1CCC(n2cc(-c3ccccn3)nn2)CC1. The Morgan fingerprint density at radius 3 is 2.68 bits per heavy atom. The topological polar surface area (TPSA) is 72.9 Å². The second-order valence-corrected chi connectivity index (χ2v) is 6.61. The highest BCUT2D eigenvalue weighted by molar-refractivity contribution is 5.51. The van der Waals surface area contributed by atoms with Crippen LogP contribution in [0, 0.1) is 13.8 Å². The van der Waals surface area contributed by atoms with Crippen LogP contribution in [0.1, 0.15) is 35.9 Å². The summed E-state index contributed by atoms with van der Waals surface area (Å²) >= 11 is 0. The van der Waals surface area contributed by atoms with Crippen LogP contribution in [0.4, 0.5) is 0 Å². The third kappa shape index (κ3) is 3.32. The summed E-state index contributed by atoms with van der Waals surface area (Å²) in [5.74, 6) is 0.927. The summed E-state index contributed by atoms with van der Waals surface area (Å²) in [6.07, 6.45) is 5.92. The zero-order valence-electron chi connectivity index (χ0n) is 14.6. The van der Waals surface area contributed by atoms with Crippen molar-refractivity contribution in [1.82, 2.24) is 30.0 Å². The van der Waals surface area contributed by atoms with E-state index in [0.717, 1.165) is 55.3 Å². The molecule has 0 aromatic carbocycles. The lowest BCUT2D eigenvalue weighted by Gasteiger charge is -2.31. The van der Waals surface area contributed by atoms with Crippen molar-refractivity contribution in [3.8, 4) is 11.4 Å². The number of aromatic nitrogens is 5. The average molecular weight is 338 g/mol. The third-order valence-corrected chi connectivity index (χ3v) is 4.93. The molecule has 4 heterocycles. The number of piperidine rings is 1. The molecule has 0 saturated carbocycles. The Labute approximate surface area is 146 Å². The van der Waals surface area contributed by atoms with Gasteiger partial charge in [-0.2, -0.15) is 0 Å². The number of pyridine rings is 1. The van der Waals surface area contributed by atoms with Crippen LogP contribution in [0.3, 0.4) is 0 Å². The van der Waals surface area contributed by atoms with Crippen LogP contribution in [-0.2, 0) is 6.54 Å². The average Bonchev–Trinajstić information content (AvgIpc) is 3.26. The summed E-state index contributed by atoms with van der Waals surface area (Å²) in [6, 6.07) is 6.23. The van der Waals surface area contributed by atoms with E-state index in [1.54, 1.807) is 6.20 Å². The highest BCUT2D eigenvalue weighted by atomic mass is 16.5. The van der Waals surface area contributed by atoms with Gasteiger partial charge in [0.2, 0.25) is 0 Å². The highest BCUT2D eigenvalue weighted by Gasteiger charge is 2.23. The van der Waals surface area contributed by atoms with E-state index in [4.69, 9.17) is 4.52 Å². The Morgan fingerprint density at radius 1 is 1.16 bits per heavy atom. The Bertz CT molecular complexity index is 813. The lowest BCUT2D eigenvalue weighted by molar-refractivity contribution is 0.171. The summed E-state index contributed by atoms with van der Waals surface area (Å²) in [6.45, 7) is 6.97. The minimum absolute atomic E-state index is 0.394. The maximum absolute atomic E-state index is 5.27. The van der Waals surface area contributed by atoms with Crippen LogP contribution in [0.2, 0.25) is 0 Å². The fourth-order valence-electron chi connectivity index (χ4n) is 3.38. The number of hydrogen-bond acceptors (Lipinski definition) is 6. The number of nitrogens with zero attached hydrogens (tertiary/aromatic N) is 6. The Morgan fingerprint density at radius 2 is 2.00 bits per heavy atom. The van der Waals surface area contributed by atoms with Crippen molar-refractivity contribution in [2.75, 3.05) is 13.1 Å². The van der Waals surface area contributed by atoms with Crippen molar-refractivity contribution in [3.05, 3.63) is 47.6 Å². The molecule has 0 bridgehead atoms. The molecule has 130 valence electrons. The molecule has 7 nitrogen and oxygen atoms in total. The van der Waals surface area contributed by atoms with Crippen LogP contribution in [0.5, 0.6) is 0 Å². The van der Waals surface area contributed by atoms with Crippen molar-refractivity contribution in [3.63, 3.8) is 0 Å². The molecule has 3 aromatic rings. The first-order valence-electron chi connectivity index (χ1n) is 8.68. The smallest absolute Gasteiger partial charge is 0.138 e. The quantitative estimate of drug-likeness (QED) is 0.728. The molecule has 0 atom stereocenters. The number of aryl methyl sites for hydroxylation is 2. The van der Waals surface area contributed by atoms with Crippen LogP contribution in [-0.4, -0.2) is 43.1 Å². The molecule has 4 rings (SSSR count). The largest absolute Gasteiger partial charge is 0.361 e. The fraction of sp³-hybridized carbons (Fsp3) is 0.444. The van der Waals surface area contributed by atoms with Gasteiger partial charge >= 0.3 is 0 Å². The summed E-state index contributed by atoms with van der Waals surface area (Å²) in [7, 11) is 0. The Hall–Kier alpha value is -2.54. The van der Waals surface area contributed by atoms with Gasteiger partial charge in [-0.05, 0) is 38.8 Å². The van der Waals surface area contributed by atoms with Crippen LogP contribution >= 0.6 is 0 Å². The minimum atomic E-state index is 0.394. The first-order valence-corrected chi connectivity index (χ1v) is 8.68. The molecular formula is C18H22N6O. The van der Waals surface area contributed by atoms with Gasteiger partial charge in [0, 0.05) is 31.4 Å². The lowest BCUT2D eigenvalue weighted by Crippen LogP contribution is -2.34. The van der Waals surface area contributed by atoms with Gasteiger partial charge in [0.1, 0.15) is 11.5 Å². The molecule has 1 fully saturated rings. The van der Waals surface area contributed by atoms with Crippen molar-refractivity contribution in [1.29, 1.82) is 0 Å². The summed E-state index contributed by atoms with van der Waals surface area (Å²) in [5.41, 5.74) is 3.91. The molecule has 1 aliphatic rings. The van der Waals surface area contributed by atoms with E-state index in [1.165, 1.54) is 5.56 Å². The minimum Gasteiger partial charge on any atom is -0.361 e. The van der Waals surface area contributed by atoms with E-state index >= 15 is 0 Å². The van der Waals surface area contributed by atoms with E-state index in [9.17, 15) is 0 Å². The summed E-state index contributed by atoms with van der Waals surface area (Å²) in [5, 5.41) is 12.7. The van der Waals surface area contributed by atoms with E-state index in [1.807, 2.05) is 42.9 Å². The van der Waals surface area contributed by atoms with E-state index in [2.05, 4.69) is 25.4 Å². The Kier molecular flexibility index (Phi) is 4.31. The van der Waals surface area contributed by atoms with Gasteiger partial charge < -0.3 is 4.52 Å². The first kappa shape index (κ1) is 16.0. The van der Waals surface area contributed by atoms with Crippen LogP contribution in [0.25, 0.3) is 11.4 Å². The van der Waals surface area contributed by atoms with Gasteiger partial charge in [0.25, 0.3) is 0 Å². The second kappa shape index (κ2) is 6.76. The van der Waals surface area contributed by atoms with Crippen molar-refractivity contribution in [2.24, 2.45) is 0 Å². The third-order valence-electron chi connectivity index (χ3n) is 4.93. The number of likely N-dealkylation sites (tertiary alicyclic amines) is 1. The molecule has 0 unspecified atom stereocenters. The zero-order chi connectivity index (χ0) is 17.2. The Balaban J connectivity index is 1.38. The van der Waals surface area contributed by atoms with Gasteiger partial charge in [-0.25, -0.2) is 4.68 Å². The maximum Gasteiger partial charge on any atom is 0.138 e. The van der Waals surface area contributed by atoms with Crippen LogP contribution in [0.15, 0.2) is 35.1 Å². The van der Waals surface area contributed by atoms with Gasteiger partial charge in [0.05, 0.1) is 23.6 Å². The highest BCUT2D eigenvalue weighted by Crippen LogP contribution is 2.25. The van der Waals surface area contributed by atoms with Crippen molar-refractivity contribution in [2.45, 2.75) is 39.3 Å². The standard InChI is InChI=1S/C18H22N6O/c1-13-16(14(2)25-21-13)11-23-9-6-15(7-10-23)24-12-18(20-22-24)17-5-3-4-8-19-17/h3-5,8,12,15H,6-7,9-11H2,1-2H3. The predicted octanol–water partition coefficient (Wildman–Crippen LogP) is 2.78. The molecule has 0 spiro atoms. The van der Waals surface area contributed by atoms with E-state index < -0.39 is 0 Å². The van der Waals surface area contributed by atoms with Gasteiger partial charge in [-0.1, -0.05) is 16.4 Å². The normalized spacial score (nSPS) is 16.4. The fourth-order valence-corrected chi connectivity index (χ4v) is 3.38. The van der Waals surface area contributed by atoms with E-state index in [0.29, 0.717) is 6.04 Å². The lowest BCUT2D eigenvalue weighted by atomic mass is 10.0. The molecule has 0 amide bonds. The molecule has 0 N–H and O–H groups in total. The summed E-state index contributed by atoms with van der Waals surface area (Å²) in [4.78, 5) is 6.80. The molecule has 0 radical (unpaired) electrons. The molecule has 7 heteroatoms. The zero-order valence-corrected chi connectivity index (χ0v) is 14.6. The molecule has 3 aromatic heterocycles. The van der Waals surface area contributed by atoms with Gasteiger partial charge in [0.15, 0.2) is 0 Å². The molecule has 25 heavy (non-hydrogen) atoms. The van der Waals surface area contributed by atoms with Crippen molar-refractivity contribution >= 4 is 0 Å². The van der Waals surface area contributed by atoms with Gasteiger partial charge in [-0.3, -0.25) is 9.88 Å². The monoisotopic (exact) mass is 338 g/mol. The number of hydrogen-bond donors (Lipinski definition) is 0. The molecule has 0 aliphatic carbocycles. The van der Waals surface area contributed by atoms with E-state index in [-0.39, 0.29) is 0 Å². The summed E-state index contributed by atoms with van der Waals surface area (Å²) < 4.78 is 7.26. The first-order chi connectivity index (χ1) is 12.2. The molecular weight excluding hydrogens is 316 g/mol. The maximum atomic E-state index is 5.27. The predicted molar refractivity (Wildman–Crippen MR) is 92.8 cm³/mol. The molecule has 1 saturated heterocycles. The van der Waals surface area contributed by atoms with Gasteiger partial charge in [-0.15, -0.1) is 5.10 Å².